The molecule has 33 heavy (non-hydrogen) atoms. The van der Waals surface area contributed by atoms with Crippen molar-refractivity contribution in [3.05, 3.63) is 70.1 Å². The average molecular weight is 450 g/mol. The first-order chi connectivity index (χ1) is 15.9. The van der Waals surface area contributed by atoms with Gasteiger partial charge in [0.05, 0.1) is 22.5 Å². The van der Waals surface area contributed by atoms with E-state index in [1.807, 2.05) is 30.9 Å². The van der Waals surface area contributed by atoms with Gasteiger partial charge in [0.15, 0.2) is 0 Å². The Hall–Kier alpha value is -3.75. The van der Waals surface area contributed by atoms with E-state index < -0.39 is 0 Å². The third-order valence-corrected chi connectivity index (χ3v) is 5.96. The second-order valence-corrected chi connectivity index (χ2v) is 8.16. The number of aryl methyl sites for hydroxylation is 3. The highest BCUT2D eigenvalue weighted by Gasteiger charge is 2.30. The number of ether oxygens (including phenoxy) is 1. The van der Waals surface area contributed by atoms with Crippen molar-refractivity contribution in [3.8, 4) is 5.75 Å². The molecule has 0 saturated carbocycles. The molecular weight excluding hydrogens is 422 g/mol. The highest BCUT2D eigenvalue weighted by molar-refractivity contribution is 5.95. The van der Waals surface area contributed by atoms with Crippen molar-refractivity contribution in [3.63, 3.8) is 0 Å². The number of nitrogens with zero attached hydrogens (tertiary/aromatic N) is 4. The summed E-state index contributed by atoms with van der Waals surface area (Å²) in [6.45, 7) is 6.99. The first kappa shape index (κ1) is 22.4. The number of nitrogens with one attached hydrogen (secondary N) is 1. The standard InChI is InChI=1S/C24H27N5O4/c1-14-20(23(30)25-4)11-26-22(27-14)18-8-9-29(12-18)24(31)17-6-5-7-19(10-17)32-13-21-15(2)28-33-16(21)3/h5-7,10-11,18H,8-9,12-13H2,1-4H3,(H,25,30)/t18-/m0/s1. The molecule has 1 fully saturated rings. The fourth-order valence-electron chi connectivity index (χ4n) is 3.96. The number of benzene rings is 1. The van der Waals surface area contributed by atoms with E-state index in [4.69, 9.17) is 9.26 Å². The van der Waals surface area contributed by atoms with Gasteiger partial charge in [0.25, 0.3) is 11.8 Å². The van der Waals surface area contributed by atoms with Crippen LogP contribution in [0.4, 0.5) is 0 Å². The van der Waals surface area contributed by atoms with Gasteiger partial charge >= 0.3 is 0 Å². The Balaban J connectivity index is 1.41. The van der Waals surface area contributed by atoms with Gasteiger partial charge in [-0.25, -0.2) is 9.97 Å². The Kier molecular flexibility index (Phi) is 6.39. The molecule has 3 heterocycles. The molecule has 172 valence electrons. The van der Waals surface area contributed by atoms with Crippen LogP contribution in [0.25, 0.3) is 0 Å². The van der Waals surface area contributed by atoms with Crippen molar-refractivity contribution in [2.45, 2.75) is 39.7 Å². The van der Waals surface area contributed by atoms with Crippen molar-refractivity contribution in [1.82, 2.24) is 25.3 Å². The molecule has 1 atom stereocenters. The molecule has 1 N–H and O–H groups in total. The molecule has 0 spiro atoms. The summed E-state index contributed by atoms with van der Waals surface area (Å²) in [6, 6.07) is 7.18. The molecule has 9 heteroatoms. The van der Waals surface area contributed by atoms with Crippen molar-refractivity contribution < 1.29 is 18.8 Å². The molecule has 2 aromatic heterocycles. The van der Waals surface area contributed by atoms with Gasteiger partial charge in [-0.3, -0.25) is 9.59 Å². The number of hydrogen-bond acceptors (Lipinski definition) is 7. The maximum Gasteiger partial charge on any atom is 0.254 e. The SMILES string of the molecule is CNC(=O)c1cnc([C@H]2CCN(C(=O)c3cccc(OCc4c(C)noc4C)c3)C2)nc1C. The smallest absolute Gasteiger partial charge is 0.254 e. The number of likely N-dealkylation sites (tertiary alicyclic amines) is 1. The molecule has 2 amide bonds. The van der Waals surface area contributed by atoms with Crippen molar-refractivity contribution in [2.24, 2.45) is 0 Å². The van der Waals surface area contributed by atoms with Crippen molar-refractivity contribution in [2.75, 3.05) is 20.1 Å². The van der Waals surface area contributed by atoms with E-state index in [2.05, 4.69) is 20.4 Å². The van der Waals surface area contributed by atoms with Crippen LogP contribution in [0.5, 0.6) is 5.75 Å². The van der Waals surface area contributed by atoms with Crippen LogP contribution in [0.1, 0.15) is 61.6 Å². The molecule has 1 aliphatic heterocycles. The van der Waals surface area contributed by atoms with Gasteiger partial charge in [-0.2, -0.15) is 0 Å². The number of carbonyl (C=O) groups is 2. The van der Waals surface area contributed by atoms with E-state index in [0.717, 1.165) is 23.4 Å². The van der Waals surface area contributed by atoms with Crippen LogP contribution >= 0.6 is 0 Å². The maximum atomic E-state index is 13.1. The summed E-state index contributed by atoms with van der Waals surface area (Å²) < 4.78 is 11.1. The fourth-order valence-corrected chi connectivity index (χ4v) is 3.96. The molecule has 9 nitrogen and oxygen atoms in total. The Labute approximate surface area is 192 Å². The number of aromatic nitrogens is 3. The predicted octanol–water partition coefficient (Wildman–Crippen LogP) is 2.96. The van der Waals surface area contributed by atoms with E-state index in [1.54, 1.807) is 32.3 Å². The monoisotopic (exact) mass is 449 g/mol. The van der Waals surface area contributed by atoms with Crippen molar-refractivity contribution in [1.29, 1.82) is 0 Å². The number of carbonyl (C=O) groups excluding carboxylic acids is 2. The Bertz CT molecular complexity index is 1170. The lowest BCUT2D eigenvalue weighted by atomic mass is 10.1. The van der Waals surface area contributed by atoms with Crippen LogP contribution in [0.2, 0.25) is 0 Å². The highest BCUT2D eigenvalue weighted by atomic mass is 16.5. The Morgan fingerprint density at radius 3 is 2.76 bits per heavy atom. The van der Waals surface area contributed by atoms with Crippen LogP contribution in [0.15, 0.2) is 35.0 Å². The second kappa shape index (κ2) is 9.40. The van der Waals surface area contributed by atoms with Crippen LogP contribution in [-0.2, 0) is 6.61 Å². The lowest BCUT2D eigenvalue weighted by Crippen LogP contribution is -2.28. The topological polar surface area (TPSA) is 110 Å². The molecule has 4 rings (SSSR count). The highest BCUT2D eigenvalue weighted by Crippen LogP contribution is 2.27. The molecule has 1 aromatic carbocycles. The predicted molar refractivity (Wildman–Crippen MR) is 120 cm³/mol. The molecule has 0 bridgehead atoms. The molecule has 3 aromatic rings. The lowest BCUT2D eigenvalue weighted by molar-refractivity contribution is 0.0789. The Morgan fingerprint density at radius 2 is 2.06 bits per heavy atom. The summed E-state index contributed by atoms with van der Waals surface area (Å²) in [7, 11) is 1.58. The minimum Gasteiger partial charge on any atom is -0.489 e. The molecule has 0 unspecified atom stereocenters. The average Bonchev–Trinajstić information content (AvgIpc) is 3.44. The van der Waals surface area contributed by atoms with Crippen molar-refractivity contribution >= 4 is 11.8 Å². The van der Waals surface area contributed by atoms with Gasteiger partial charge in [-0.1, -0.05) is 11.2 Å². The minimum absolute atomic E-state index is 0.0327. The third-order valence-electron chi connectivity index (χ3n) is 5.96. The summed E-state index contributed by atoms with van der Waals surface area (Å²) >= 11 is 0. The first-order valence-corrected chi connectivity index (χ1v) is 10.9. The summed E-state index contributed by atoms with van der Waals surface area (Å²) in [4.78, 5) is 35.7. The largest absolute Gasteiger partial charge is 0.489 e. The van der Waals surface area contributed by atoms with Gasteiger partial charge in [0.1, 0.15) is 23.9 Å². The van der Waals surface area contributed by atoms with Crippen LogP contribution in [0, 0.1) is 20.8 Å². The summed E-state index contributed by atoms with van der Waals surface area (Å²) in [5.41, 5.74) is 3.36. The van der Waals surface area contributed by atoms with Gasteiger partial charge in [-0.05, 0) is 45.4 Å². The lowest BCUT2D eigenvalue weighted by Gasteiger charge is -2.17. The summed E-state index contributed by atoms with van der Waals surface area (Å²) in [5, 5.41) is 6.52. The van der Waals surface area contributed by atoms with E-state index in [1.165, 1.54) is 0 Å². The van der Waals surface area contributed by atoms with E-state index in [0.29, 0.717) is 48.1 Å². The van der Waals surface area contributed by atoms with Crippen LogP contribution < -0.4 is 10.1 Å². The van der Waals surface area contributed by atoms with Gasteiger partial charge in [-0.15, -0.1) is 0 Å². The quantitative estimate of drug-likeness (QED) is 0.616. The van der Waals surface area contributed by atoms with E-state index >= 15 is 0 Å². The second-order valence-electron chi connectivity index (χ2n) is 8.16. The zero-order chi connectivity index (χ0) is 23.5. The van der Waals surface area contributed by atoms with Crippen LogP contribution in [-0.4, -0.2) is 52.0 Å². The van der Waals surface area contributed by atoms with E-state index in [9.17, 15) is 9.59 Å². The molecular formula is C24H27N5O4. The number of amides is 2. The van der Waals surface area contributed by atoms with Crippen LogP contribution in [0.3, 0.4) is 0 Å². The normalized spacial score (nSPS) is 15.5. The zero-order valence-corrected chi connectivity index (χ0v) is 19.2. The number of hydrogen-bond donors (Lipinski definition) is 1. The molecule has 0 radical (unpaired) electrons. The fraction of sp³-hybridized carbons (Fsp3) is 0.375. The van der Waals surface area contributed by atoms with E-state index in [-0.39, 0.29) is 17.7 Å². The number of rotatable bonds is 6. The minimum atomic E-state index is -0.210. The Morgan fingerprint density at radius 1 is 1.24 bits per heavy atom. The summed E-state index contributed by atoms with van der Waals surface area (Å²) in [6.07, 6.45) is 2.33. The summed E-state index contributed by atoms with van der Waals surface area (Å²) in [5.74, 6) is 1.76. The zero-order valence-electron chi connectivity index (χ0n) is 19.2. The van der Waals surface area contributed by atoms with Gasteiger partial charge in [0, 0.05) is 37.8 Å². The molecule has 1 saturated heterocycles. The maximum absolute atomic E-state index is 13.1. The molecule has 0 aliphatic carbocycles. The first-order valence-electron chi connectivity index (χ1n) is 10.9. The van der Waals surface area contributed by atoms with Gasteiger partial charge < -0.3 is 19.5 Å². The third kappa shape index (κ3) is 4.72. The molecule has 1 aliphatic rings. The van der Waals surface area contributed by atoms with Gasteiger partial charge in [0.2, 0.25) is 0 Å².